The molecule has 604 valence electrons. The van der Waals surface area contributed by atoms with E-state index in [1.165, 1.54) is 71.7 Å². The number of morpholine rings is 1. The van der Waals surface area contributed by atoms with Gasteiger partial charge in [0.2, 0.25) is 70.9 Å². The van der Waals surface area contributed by atoms with Crippen molar-refractivity contribution in [3.63, 3.8) is 0 Å². The van der Waals surface area contributed by atoms with E-state index in [1.807, 2.05) is 13.8 Å². The van der Waals surface area contributed by atoms with E-state index in [9.17, 15) is 45.5 Å². The van der Waals surface area contributed by atoms with E-state index >= 15 is 38.4 Å². The lowest BCUT2D eigenvalue weighted by Gasteiger charge is -2.42. The van der Waals surface area contributed by atoms with Gasteiger partial charge in [0.1, 0.15) is 47.8 Å². The van der Waals surface area contributed by atoms with Crippen LogP contribution in [0.3, 0.4) is 0 Å². The fourth-order valence-electron chi connectivity index (χ4n) is 17.3. The lowest BCUT2D eigenvalue weighted by atomic mass is 9.78. The second kappa shape index (κ2) is 37.5. The smallest absolute Gasteiger partial charge is 0.378 e. The summed E-state index contributed by atoms with van der Waals surface area (Å²) in [6, 6.07) is -9.24. The molecule has 0 aromatic carbocycles. The van der Waals surface area contributed by atoms with Crippen LogP contribution >= 0.6 is 11.6 Å². The molecule has 8 rings (SSSR count). The Morgan fingerprint density at radius 1 is 0.598 bits per heavy atom. The van der Waals surface area contributed by atoms with Crippen LogP contribution in [0.4, 0.5) is 26.3 Å². The topological polar surface area (TPSA) is 279 Å². The summed E-state index contributed by atoms with van der Waals surface area (Å²) in [5.74, 6) is -14.0. The number of likely N-dealkylation sites (N-methyl/N-ethyl adjacent to an activating group) is 6. The highest BCUT2D eigenvalue weighted by atomic mass is 35.5. The molecule has 3 heterocycles. The summed E-state index contributed by atoms with van der Waals surface area (Å²) in [6.07, 6.45) is -4.47. The van der Waals surface area contributed by atoms with Crippen molar-refractivity contribution in [3.8, 4) is 0 Å². The zero-order valence-electron chi connectivity index (χ0n) is 64.3. The van der Waals surface area contributed by atoms with Crippen molar-refractivity contribution in [2.75, 3.05) is 101 Å². The Balaban J connectivity index is 1.18. The molecular formula is C75H117ClF6N12O13. The van der Waals surface area contributed by atoms with E-state index in [4.69, 9.17) is 16.3 Å². The Morgan fingerprint density at radius 3 is 1.79 bits per heavy atom. The van der Waals surface area contributed by atoms with Crippen molar-refractivity contribution < 1.29 is 88.6 Å². The monoisotopic (exact) mass is 1540 g/mol. The lowest BCUT2D eigenvalue weighted by Crippen LogP contribution is -2.65. The second-order valence-electron chi connectivity index (χ2n) is 32.7. The molecule has 107 heavy (non-hydrogen) atoms. The number of carbonyl (C=O) groups is 12. The molecule has 11 atom stereocenters. The van der Waals surface area contributed by atoms with Gasteiger partial charge in [-0.1, -0.05) is 59.8 Å². The van der Waals surface area contributed by atoms with Gasteiger partial charge in [-0.05, 0) is 158 Å². The summed E-state index contributed by atoms with van der Waals surface area (Å²) in [5.41, 5.74) is -1.61. The average Bonchev–Trinajstić information content (AvgIpc) is 1.73. The maximum Gasteiger partial charge on any atom is 0.393 e. The third-order valence-corrected chi connectivity index (χ3v) is 24.9. The predicted molar refractivity (Wildman–Crippen MR) is 384 cm³/mol. The van der Waals surface area contributed by atoms with Crippen LogP contribution in [0, 0.1) is 47.3 Å². The summed E-state index contributed by atoms with van der Waals surface area (Å²) in [4.78, 5) is 192. The average molecular weight is 1540 g/mol. The van der Waals surface area contributed by atoms with Crippen LogP contribution in [-0.2, 0) is 62.3 Å². The Labute approximate surface area is 631 Å². The maximum atomic E-state index is 15.7. The molecule has 0 radical (unpaired) electrons. The number of carbonyl (C=O) groups excluding carboxylic acids is 12. The van der Waals surface area contributed by atoms with E-state index in [-0.39, 0.29) is 141 Å². The molecule has 12 amide bonds. The second-order valence-corrected chi connectivity index (χ2v) is 33.2. The minimum Gasteiger partial charge on any atom is -0.378 e. The minimum absolute atomic E-state index is 0.00745. The van der Waals surface area contributed by atoms with Crippen LogP contribution in [0.1, 0.15) is 188 Å². The van der Waals surface area contributed by atoms with Crippen LogP contribution in [-0.4, -0.2) is 282 Å². The molecule has 3 aliphatic heterocycles. The summed E-state index contributed by atoms with van der Waals surface area (Å²) >= 11 is 6.41. The third-order valence-electron chi connectivity index (χ3n) is 24.4. The van der Waals surface area contributed by atoms with Gasteiger partial charge in [-0.3, -0.25) is 57.5 Å². The van der Waals surface area contributed by atoms with Gasteiger partial charge in [0.25, 0.3) is 0 Å². The first-order valence-electron chi connectivity index (χ1n) is 39.0. The number of nitrogens with one attached hydrogen (secondary N) is 3. The number of rotatable bonds is 13. The van der Waals surface area contributed by atoms with Gasteiger partial charge in [-0.2, -0.15) is 26.3 Å². The van der Waals surface area contributed by atoms with E-state index in [0.29, 0.717) is 64.2 Å². The molecule has 8 aliphatic rings. The van der Waals surface area contributed by atoms with Gasteiger partial charge in [-0.15, -0.1) is 11.6 Å². The van der Waals surface area contributed by atoms with Crippen LogP contribution in [0.15, 0.2) is 0 Å². The molecule has 5 saturated carbocycles. The highest BCUT2D eigenvalue weighted by Crippen LogP contribution is 2.45. The highest BCUT2D eigenvalue weighted by Gasteiger charge is 2.53. The molecule has 0 bridgehead atoms. The van der Waals surface area contributed by atoms with Crippen LogP contribution < -0.4 is 16.0 Å². The van der Waals surface area contributed by atoms with Crippen molar-refractivity contribution in [3.05, 3.63) is 0 Å². The van der Waals surface area contributed by atoms with Gasteiger partial charge in [0.05, 0.1) is 51.1 Å². The van der Waals surface area contributed by atoms with Gasteiger partial charge in [0, 0.05) is 73.8 Å². The zero-order chi connectivity index (χ0) is 78.7. The number of fused-ring (bicyclic) bond motifs is 1. The van der Waals surface area contributed by atoms with Crippen molar-refractivity contribution in [2.45, 2.75) is 254 Å². The van der Waals surface area contributed by atoms with E-state index in [1.54, 1.807) is 13.8 Å². The van der Waals surface area contributed by atoms with Crippen molar-refractivity contribution in [1.29, 1.82) is 0 Å². The number of alkyl halides is 7. The molecule has 8 fully saturated rings. The molecule has 1 spiro atoms. The summed E-state index contributed by atoms with van der Waals surface area (Å²) in [6.45, 7) is 5.87. The number of nitrogens with zero attached hydrogens (tertiary/aromatic N) is 9. The third kappa shape index (κ3) is 22.0. The van der Waals surface area contributed by atoms with Gasteiger partial charge >= 0.3 is 12.4 Å². The van der Waals surface area contributed by atoms with Crippen molar-refractivity contribution in [2.24, 2.45) is 47.3 Å². The number of hydrogen-bond donors (Lipinski definition) is 3. The standard InChI is InChI=1S/C75H117ClF6N12O13/c1-11-46(4)63-70(104)88(7)43-61(97)86(5)44-62(98)94(41-49-20-21-49)58(39-48-22-26-51(27-23-48)74(77,78)79)68(102)87(6)42-59(95)83-54(29-25-47-24-28-52(53(76)38-47)75(80,81)82)67(101)93-32-16-19-55(93)66(100)85-73(30-14-15-31-73)72(106)91(10)64(50-17-12-13-18-50)71(105)90(9)57(69(103)92-33-35-107-36-34-92)40-60(96)89(8)56(37-45(2)3)65(99)84-63/h45-58,63-64H,11-44H2,1-10H3,(H,83,95)(H,84,99)(H,85,100)/t46-,47?,48?,51?,52?,53?,54-,55-,56-,57-,58-,63-,64-/m0/s1. The van der Waals surface area contributed by atoms with E-state index in [2.05, 4.69) is 16.0 Å². The quantitative estimate of drug-likeness (QED) is 0.131. The molecule has 32 heteroatoms. The maximum absolute atomic E-state index is 15.7. The van der Waals surface area contributed by atoms with Crippen LogP contribution in [0.25, 0.3) is 0 Å². The summed E-state index contributed by atoms with van der Waals surface area (Å²) in [7, 11) is 8.28. The summed E-state index contributed by atoms with van der Waals surface area (Å²) in [5, 5.41) is 7.45. The van der Waals surface area contributed by atoms with Gasteiger partial charge in [-0.25, -0.2) is 0 Å². The zero-order valence-corrected chi connectivity index (χ0v) is 65.0. The molecule has 0 aromatic heterocycles. The molecule has 3 unspecified atom stereocenters. The Bertz CT molecular complexity index is 3160. The molecular weight excluding hydrogens is 1430 g/mol. The highest BCUT2D eigenvalue weighted by molar-refractivity contribution is 6.21. The van der Waals surface area contributed by atoms with Crippen LogP contribution in [0.5, 0.6) is 0 Å². The fourth-order valence-corrected chi connectivity index (χ4v) is 17.9. The Morgan fingerprint density at radius 2 is 1.21 bits per heavy atom. The normalized spacial score (nSPS) is 30.9. The largest absolute Gasteiger partial charge is 0.393 e. The SMILES string of the molecule is CC[C@H](C)[C@@H]1NC(=O)[C@H](CC(C)C)N(C)C(=O)C[C@@H](C(=O)N2CCOCC2)N(C)C(=O)[C@H](C2CCCC2)N(C)C(=O)C2(CCCC2)NC(=O)[C@@H]2CCCN2C(=O)[C@H](CCC2CCC(C(F)(F)F)C(Cl)C2)NC(=O)CN(C)C(=O)[C@H](CC2CCC(C(F)(F)F)CC2)N(CC2CC2)C(=O)CN(C)C(=O)CN(C)C1=O. The molecule has 0 aromatic rings. The van der Waals surface area contributed by atoms with Crippen molar-refractivity contribution in [1.82, 2.24) is 60.0 Å². The minimum atomic E-state index is -4.55. The molecule has 3 N–H and O–H groups in total. The molecule has 3 saturated heterocycles. The van der Waals surface area contributed by atoms with Gasteiger partial charge in [0.15, 0.2) is 0 Å². The summed E-state index contributed by atoms with van der Waals surface area (Å²) < 4.78 is 90.1. The first-order valence-corrected chi connectivity index (χ1v) is 39.5. The van der Waals surface area contributed by atoms with Crippen molar-refractivity contribution >= 4 is 82.5 Å². The molecule has 25 nitrogen and oxygen atoms in total. The van der Waals surface area contributed by atoms with E-state index in [0.717, 1.165) is 14.7 Å². The van der Waals surface area contributed by atoms with Gasteiger partial charge < -0.3 is 64.8 Å². The first-order chi connectivity index (χ1) is 50.3. The fraction of sp³-hybridized carbons (Fsp3) is 0.840. The number of amides is 12. The number of ether oxygens (including phenoxy) is 1. The predicted octanol–water partition coefficient (Wildman–Crippen LogP) is 6.51. The molecule has 5 aliphatic carbocycles. The Hall–Kier alpha value is -6.53. The first kappa shape index (κ1) is 86.1. The Kier molecular flexibility index (Phi) is 30.1. The van der Waals surface area contributed by atoms with E-state index < -0.39 is 198 Å². The lowest BCUT2D eigenvalue weighted by molar-refractivity contribution is -0.184. The number of halogens is 7. The number of hydrogen-bond acceptors (Lipinski definition) is 13. The van der Waals surface area contributed by atoms with Crippen LogP contribution in [0.2, 0.25) is 0 Å².